The van der Waals surface area contributed by atoms with Gasteiger partial charge in [-0.15, -0.1) is 0 Å². The predicted octanol–water partition coefficient (Wildman–Crippen LogP) is 5.15. The Bertz CT molecular complexity index is 1400. The van der Waals surface area contributed by atoms with Crippen LogP contribution in [-0.4, -0.2) is 43.8 Å². The first-order valence-electron chi connectivity index (χ1n) is 12.8. The Morgan fingerprint density at radius 3 is 2.23 bits per heavy atom. The molecule has 206 valence electrons. The number of carbonyl (C=O) groups excluding carboxylic acids is 2. The Morgan fingerprint density at radius 2 is 1.59 bits per heavy atom. The van der Waals surface area contributed by atoms with Crippen molar-refractivity contribution in [1.29, 1.82) is 0 Å². The molecule has 1 N–H and O–H groups in total. The first-order chi connectivity index (χ1) is 18.7. The summed E-state index contributed by atoms with van der Waals surface area (Å²) in [6, 6.07) is 18.8. The fourth-order valence-electron chi connectivity index (χ4n) is 4.64. The number of hydrogen-bond donors (Lipinski definition) is 1. The summed E-state index contributed by atoms with van der Waals surface area (Å²) in [5.74, 6) is -1.47. The van der Waals surface area contributed by atoms with E-state index in [-0.39, 0.29) is 29.1 Å². The van der Waals surface area contributed by atoms with Crippen LogP contribution in [0.5, 0.6) is 0 Å². The van der Waals surface area contributed by atoms with Gasteiger partial charge in [0, 0.05) is 17.6 Å². The summed E-state index contributed by atoms with van der Waals surface area (Å²) in [5.41, 5.74) is 0.886. The summed E-state index contributed by atoms with van der Waals surface area (Å²) in [4.78, 5) is 28.3. The van der Waals surface area contributed by atoms with E-state index in [9.17, 15) is 22.4 Å². The number of anilines is 1. The van der Waals surface area contributed by atoms with E-state index in [2.05, 4.69) is 5.32 Å². The van der Waals surface area contributed by atoms with Crippen LogP contribution in [0.4, 0.5) is 10.1 Å². The summed E-state index contributed by atoms with van der Waals surface area (Å²) in [5, 5.41) is 3.46. The van der Waals surface area contributed by atoms with Crippen molar-refractivity contribution in [3.8, 4) is 0 Å². The quantitative estimate of drug-likeness (QED) is 0.365. The van der Waals surface area contributed by atoms with Crippen LogP contribution in [0.2, 0.25) is 5.02 Å². The van der Waals surface area contributed by atoms with Gasteiger partial charge in [0.25, 0.3) is 10.0 Å². The Kier molecular flexibility index (Phi) is 9.24. The van der Waals surface area contributed by atoms with Crippen molar-refractivity contribution in [2.75, 3.05) is 10.8 Å². The first kappa shape index (κ1) is 28.6. The molecular weight excluding hydrogens is 541 g/mol. The minimum absolute atomic E-state index is 0.0109. The highest BCUT2D eigenvalue weighted by Crippen LogP contribution is 2.26. The van der Waals surface area contributed by atoms with Crippen LogP contribution in [0.15, 0.2) is 83.8 Å². The van der Waals surface area contributed by atoms with Crippen molar-refractivity contribution in [1.82, 2.24) is 10.2 Å². The maximum Gasteiger partial charge on any atom is 0.264 e. The highest BCUT2D eigenvalue weighted by Gasteiger charge is 2.33. The van der Waals surface area contributed by atoms with E-state index in [0.29, 0.717) is 10.6 Å². The van der Waals surface area contributed by atoms with Crippen LogP contribution in [0, 0.1) is 5.82 Å². The smallest absolute Gasteiger partial charge is 0.264 e. The second kappa shape index (κ2) is 12.6. The molecule has 1 aliphatic carbocycles. The van der Waals surface area contributed by atoms with Crippen molar-refractivity contribution in [3.05, 3.63) is 95.3 Å². The molecule has 0 heterocycles. The number of nitrogens with one attached hydrogen (secondary N) is 1. The van der Waals surface area contributed by atoms with Gasteiger partial charge < -0.3 is 10.2 Å². The number of carbonyl (C=O) groups is 2. The van der Waals surface area contributed by atoms with Gasteiger partial charge in [-0.3, -0.25) is 13.9 Å². The fourth-order valence-corrected chi connectivity index (χ4v) is 6.25. The van der Waals surface area contributed by atoms with Crippen molar-refractivity contribution in [3.63, 3.8) is 0 Å². The maximum absolute atomic E-state index is 13.9. The highest BCUT2D eigenvalue weighted by atomic mass is 35.5. The Labute approximate surface area is 233 Å². The van der Waals surface area contributed by atoms with E-state index in [1.165, 1.54) is 4.90 Å². The van der Waals surface area contributed by atoms with Crippen molar-refractivity contribution < 1.29 is 22.4 Å². The zero-order valence-electron chi connectivity index (χ0n) is 21.6. The molecule has 10 heteroatoms. The molecule has 7 nitrogen and oxygen atoms in total. The molecule has 0 bridgehead atoms. The van der Waals surface area contributed by atoms with Gasteiger partial charge in [-0.2, -0.15) is 0 Å². The lowest BCUT2D eigenvalue weighted by molar-refractivity contribution is -0.139. The lowest BCUT2D eigenvalue weighted by Crippen LogP contribution is -2.52. The van der Waals surface area contributed by atoms with Crippen molar-refractivity contribution >= 4 is 39.1 Å². The summed E-state index contributed by atoms with van der Waals surface area (Å²) < 4.78 is 41.9. The van der Waals surface area contributed by atoms with E-state index in [1.54, 1.807) is 61.5 Å². The van der Waals surface area contributed by atoms with Crippen LogP contribution < -0.4 is 9.62 Å². The van der Waals surface area contributed by atoms with E-state index >= 15 is 0 Å². The zero-order valence-corrected chi connectivity index (χ0v) is 23.2. The largest absolute Gasteiger partial charge is 0.352 e. The van der Waals surface area contributed by atoms with Crippen LogP contribution in [0.1, 0.15) is 38.2 Å². The van der Waals surface area contributed by atoms with E-state index in [4.69, 9.17) is 11.6 Å². The van der Waals surface area contributed by atoms with Crippen molar-refractivity contribution in [2.45, 2.75) is 56.1 Å². The molecule has 1 aliphatic rings. The number of sulfonamides is 1. The van der Waals surface area contributed by atoms with Crippen LogP contribution >= 0.6 is 11.6 Å². The third-order valence-corrected chi connectivity index (χ3v) is 9.05. The van der Waals surface area contributed by atoms with Gasteiger partial charge in [-0.05, 0) is 67.8 Å². The van der Waals surface area contributed by atoms with Crippen LogP contribution in [0.3, 0.4) is 0 Å². The lowest BCUT2D eigenvalue weighted by Gasteiger charge is -2.32. The van der Waals surface area contributed by atoms with Gasteiger partial charge in [0.05, 0.1) is 10.6 Å². The second-order valence-corrected chi connectivity index (χ2v) is 11.8. The second-order valence-electron chi connectivity index (χ2n) is 9.58. The zero-order chi connectivity index (χ0) is 28.0. The first-order valence-corrected chi connectivity index (χ1v) is 14.6. The number of amides is 2. The molecule has 0 unspecified atom stereocenters. The average Bonchev–Trinajstić information content (AvgIpc) is 3.44. The van der Waals surface area contributed by atoms with E-state index in [0.717, 1.165) is 54.3 Å². The molecule has 1 saturated carbocycles. The lowest BCUT2D eigenvalue weighted by atomic mass is 10.1. The summed E-state index contributed by atoms with van der Waals surface area (Å²) in [7, 11) is -4.25. The van der Waals surface area contributed by atoms with Gasteiger partial charge in [0.2, 0.25) is 11.8 Å². The number of para-hydroxylation sites is 1. The number of halogens is 2. The molecule has 39 heavy (non-hydrogen) atoms. The third-order valence-electron chi connectivity index (χ3n) is 6.89. The molecule has 1 fully saturated rings. The third kappa shape index (κ3) is 6.96. The minimum Gasteiger partial charge on any atom is -0.352 e. The summed E-state index contributed by atoms with van der Waals surface area (Å²) in [6.45, 7) is 1.06. The number of benzene rings is 3. The van der Waals surface area contributed by atoms with Crippen LogP contribution in [0.25, 0.3) is 0 Å². The molecule has 2 amide bonds. The number of rotatable bonds is 10. The predicted molar refractivity (Wildman–Crippen MR) is 149 cm³/mol. The van der Waals surface area contributed by atoms with Gasteiger partial charge >= 0.3 is 0 Å². The molecule has 0 spiro atoms. The molecule has 1 atom stereocenters. The topological polar surface area (TPSA) is 86.8 Å². The van der Waals surface area contributed by atoms with Crippen molar-refractivity contribution in [2.24, 2.45) is 0 Å². The molecular formula is C29H31ClFN3O4S. The average molecular weight is 572 g/mol. The maximum atomic E-state index is 13.9. The molecule has 0 radical (unpaired) electrons. The van der Waals surface area contributed by atoms with Crippen LogP contribution in [-0.2, 0) is 26.2 Å². The summed E-state index contributed by atoms with van der Waals surface area (Å²) >= 11 is 6.39. The summed E-state index contributed by atoms with van der Waals surface area (Å²) in [6.07, 6.45) is 3.84. The Hall–Kier alpha value is -3.43. The minimum atomic E-state index is -4.25. The molecule has 3 aromatic rings. The number of nitrogens with zero attached hydrogens (tertiary/aromatic N) is 2. The van der Waals surface area contributed by atoms with Gasteiger partial charge in [-0.25, -0.2) is 12.8 Å². The Balaban J connectivity index is 1.67. The van der Waals surface area contributed by atoms with Gasteiger partial charge in [0.1, 0.15) is 18.4 Å². The monoisotopic (exact) mass is 571 g/mol. The highest BCUT2D eigenvalue weighted by molar-refractivity contribution is 7.92. The Morgan fingerprint density at radius 1 is 0.974 bits per heavy atom. The molecule has 4 rings (SSSR count). The molecule has 0 saturated heterocycles. The molecule has 3 aromatic carbocycles. The molecule has 0 aromatic heterocycles. The van der Waals surface area contributed by atoms with Gasteiger partial charge in [0.15, 0.2) is 0 Å². The van der Waals surface area contributed by atoms with E-state index < -0.39 is 34.3 Å². The van der Waals surface area contributed by atoms with Gasteiger partial charge in [-0.1, -0.05) is 60.8 Å². The normalized spacial score (nSPS) is 14.5. The number of hydrogen-bond acceptors (Lipinski definition) is 4. The molecule has 0 aliphatic heterocycles. The standard InChI is InChI=1S/C29H31ClFN3O4S/c1-21(29(36)32-24-10-6-7-11-24)33(19-22-9-5-8-14-27(22)30)28(35)20-34(25-12-3-2-4-13-25)39(37,38)26-17-15-23(31)16-18-26/h2-5,8-9,12-18,21,24H,6-7,10-11,19-20H2,1H3,(H,32,36)/t21-/m1/s1. The fraction of sp³-hybridized carbons (Fsp3) is 0.310. The van der Waals surface area contributed by atoms with E-state index in [1.807, 2.05) is 0 Å². The SMILES string of the molecule is C[C@H](C(=O)NC1CCCC1)N(Cc1ccccc1Cl)C(=O)CN(c1ccccc1)S(=O)(=O)c1ccc(F)cc1.